The highest BCUT2D eigenvalue weighted by Gasteiger charge is 2.41. The van der Waals surface area contributed by atoms with E-state index in [1.54, 1.807) is 22.9 Å². The number of nitrogens with zero attached hydrogens (tertiary/aromatic N) is 3. The predicted molar refractivity (Wildman–Crippen MR) is 124 cm³/mol. The molecule has 8 heteroatoms. The van der Waals surface area contributed by atoms with Crippen molar-refractivity contribution in [2.24, 2.45) is 0 Å². The molecule has 0 amide bonds. The predicted octanol–water partition coefficient (Wildman–Crippen LogP) is 6.39. The summed E-state index contributed by atoms with van der Waals surface area (Å²) in [5.74, 6) is 0.883. The molecule has 2 aliphatic rings. The van der Waals surface area contributed by atoms with Crippen molar-refractivity contribution in [1.29, 1.82) is 0 Å². The van der Waals surface area contributed by atoms with Crippen LogP contribution in [0.2, 0.25) is 5.02 Å². The number of ether oxygens (including phenoxy) is 1. The van der Waals surface area contributed by atoms with Gasteiger partial charge in [-0.3, -0.25) is 0 Å². The van der Waals surface area contributed by atoms with Crippen LogP contribution in [0, 0.1) is 5.82 Å². The standard InChI is InChI=1S/C24H15BrClFN4O/c25-14-7-5-13(6-8-14)22-20-21(30-24-28-12-29-31(22)24)17-11-15(26)9-10-19(17)32-23(20)16-3-1-2-4-18(16)27/h1-12,22-23H,(H,28,29,30)/t22-,23+/m1/s1. The molecule has 0 fully saturated rings. The number of hydrogen-bond acceptors (Lipinski definition) is 4. The molecule has 0 unspecified atom stereocenters. The third kappa shape index (κ3) is 3.04. The van der Waals surface area contributed by atoms with E-state index in [4.69, 9.17) is 16.3 Å². The largest absolute Gasteiger partial charge is 0.480 e. The maximum absolute atomic E-state index is 15.0. The Morgan fingerprint density at radius 1 is 1.06 bits per heavy atom. The highest BCUT2D eigenvalue weighted by Crippen LogP contribution is 2.51. The molecule has 3 heterocycles. The lowest BCUT2D eigenvalue weighted by Crippen LogP contribution is -2.32. The Morgan fingerprint density at radius 2 is 1.88 bits per heavy atom. The molecule has 0 bridgehead atoms. The summed E-state index contributed by atoms with van der Waals surface area (Å²) in [5, 5.41) is 8.45. The second-order valence-electron chi connectivity index (χ2n) is 7.60. The van der Waals surface area contributed by atoms with E-state index in [1.165, 1.54) is 12.4 Å². The van der Waals surface area contributed by atoms with Crippen molar-refractivity contribution >= 4 is 39.2 Å². The molecule has 0 saturated carbocycles. The van der Waals surface area contributed by atoms with Crippen molar-refractivity contribution in [3.63, 3.8) is 0 Å². The van der Waals surface area contributed by atoms with Crippen LogP contribution in [0.1, 0.15) is 28.8 Å². The molecule has 6 rings (SSSR count). The summed E-state index contributed by atoms with van der Waals surface area (Å²) in [6.45, 7) is 0. The van der Waals surface area contributed by atoms with Gasteiger partial charge in [0, 0.05) is 26.2 Å². The molecule has 5 nitrogen and oxygen atoms in total. The van der Waals surface area contributed by atoms with Gasteiger partial charge in [-0.2, -0.15) is 10.1 Å². The van der Waals surface area contributed by atoms with Gasteiger partial charge in [-0.1, -0.05) is 57.9 Å². The Bertz CT molecular complexity index is 1390. The van der Waals surface area contributed by atoms with Crippen LogP contribution in [0.3, 0.4) is 0 Å². The monoisotopic (exact) mass is 508 g/mol. The number of aromatic nitrogens is 3. The molecule has 4 aromatic rings. The molecule has 1 N–H and O–H groups in total. The van der Waals surface area contributed by atoms with Gasteiger partial charge in [0.25, 0.3) is 0 Å². The normalized spacial score (nSPS) is 18.8. The fourth-order valence-corrected chi connectivity index (χ4v) is 4.79. The first kappa shape index (κ1) is 19.5. The van der Waals surface area contributed by atoms with Crippen molar-refractivity contribution in [2.75, 3.05) is 5.32 Å². The molecule has 2 aliphatic heterocycles. The van der Waals surface area contributed by atoms with E-state index in [9.17, 15) is 0 Å². The zero-order valence-electron chi connectivity index (χ0n) is 16.5. The summed E-state index contributed by atoms with van der Waals surface area (Å²) in [6, 6.07) is 19.7. The number of benzene rings is 3. The van der Waals surface area contributed by atoms with Gasteiger partial charge in [0.2, 0.25) is 5.95 Å². The first-order valence-corrected chi connectivity index (χ1v) is 11.1. The second-order valence-corrected chi connectivity index (χ2v) is 8.95. The van der Waals surface area contributed by atoms with Crippen LogP contribution in [0.15, 0.2) is 83.1 Å². The fraction of sp³-hybridized carbons (Fsp3) is 0.0833. The van der Waals surface area contributed by atoms with Crippen LogP contribution < -0.4 is 10.1 Å². The van der Waals surface area contributed by atoms with Gasteiger partial charge in [-0.15, -0.1) is 0 Å². The first-order valence-electron chi connectivity index (χ1n) is 9.97. The minimum Gasteiger partial charge on any atom is -0.480 e. The minimum atomic E-state index is -0.668. The van der Waals surface area contributed by atoms with Gasteiger partial charge in [-0.25, -0.2) is 9.07 Å². The number of hydrogen-bond donors (Lipinski definition) is 1. The van der Waals surface area contributed by atoms with Crippen molar-refractivity contribution in [2.45, 2.75) is 12.1 Å². The lowest BCUT2D eigenvalue weighted by Gasteiger charge is -2.39. The molecule has 32 heavy (non-hydrogen) atoms. The van der Waals surface area contributed by atoms with Crippen molar-refractivity contribution in [1.82, 2.24) is 14.8 Å². The number of nitrogens with one attached hydrogen (secondary N) is 1. The molecule has 0 radical (unpaired) electrons. The lowest BCUT2D eigenvalue weighted by molar-refractivity contribution is 0.218. The van der Waals surface area contributed by atoms with Crippen LogP contribution in [0.4, 0.5) is 10.3 Å². The molecule has 2 atom stereocenters. The Kier molecular flexibility index (Phi) is 4.55. The number of anilines is 1. The first-order chi connectivity index (χ1) is 15.6. The molecule has 1 aromatic heterocycles. The Morgan fingerprint density at radius 3 is 2.69 bits per heavy atom. The van der Waals surface area contributed by atoms with Gasteiger partial charge >= 0.3 is 0 Å². The van der Waals surface area contributed by atoms with E-state index >= 15 is 4.39 Å². The van der Waals surface area contributed by atoms with Gasteiger partial charge in [0.15, 0.2) is 6.10 Å². The van der Waals surface area contributed by atoms with Crippen molar-refractivity contribution in [3.05, 3.63) is 111 Å². The quantitative estimate of drug-likeness (QED) is 0.340. The van der Waals surface area contributed by atoms with E-state index in [0.29, 0.717) is 22.3 Å². The number of rotatable bonds is 2. The summed E-state index contributed by atoms with van der Waals surface area (Å²) in [4.78, 5) is 4.40. The van der Waals surface area contributed by atoms with Crippen LogP contribution in [-0.2, 0) is 0 Å². The molecule has 0 saturated heterocycles. The zero-order valence-corrected chi connectivity index (χ0v) is 18.8. The van der Waals surface area contributed by atoms with Crippen molar-refractivity contribution in [3.8, 4) is 5.75 Å². The van der Waals surface area contributed by atoms with Crippen LogP contribution >= 0.6 is 27.5 Å². The summed E-state index contributed by atoms with van der Waals surface area (Å²) in [7, 11) is 0. The molecule has 3 aromatic carbocycles. The molecule has 0 spiro atoms. The van der Waals surface area contributed by atoms with Gasteiger partial charge in [0.1, 0.15) is 23.9 Å². The Balaban J connectivity index is 1.65. The molecule has 158 valence electrons. The lowest BCUT2D eigenvalue weighted by atomic mass is 9.84. The van der Waals surface area contributed by atoms with Gasteiger partial charge in [-0.05, 0) is 42.0 Å². The Labute approximate surface area is 196 Å². The molecule has 0 aliphatic carbocycles. The third-order valence-electron chi connectivity index (χ3n) is 5.75. The van der Waals surface area contributed by atoms with E-state index in [-0.39, 0.29) is 11.9 Å². The molecular formula is C24H15BrClFN4O. The number of halogens is 3. The van der Waals surface area contributed by atoms with Gasteiger partial charge < -0.3 is 10.1 Å². The maximum atomic E-state index is 15.0. The summed E-state index contributed by atoms with van der Waals surface area (Å²) < 4.78 is 24.2. The molecular weight excluding hydrogens is 495 g/mol. The average molecular weight is 510 g/mol. The van der Waals surface area contributed by atoms with Crippen molar-refractivity contribution < 1.29 is 9.13 Å². The third-order valence-corrected chi connectivity index (χ3v) is 6.51. The van der Waals surface area contributed by atoms with E-state index < -0.39 is 6.10 Å². The van der Waals surface area contributed by atoms with E-state index in [2.05, 4.69) is 31.3 Å². The topological polar surface area (TPSA) is 52.0 Å². The van der Waals surface area contributed by atoms with E-state index in [0.717, 1.165) is 26.9 Å². The summed E-state index contributed by atoms with van der Waals surface area (Å²) in [5.41, 5.74) is 3.87. The number of fused-ring (bicyclic) bond motifs is 3. The average Bonchev–Trinajstić information content (AvgIpc) is 3.27. The second kappa shape index (κ2) is 7.46. The van der Waals surface area contributed by atoms with Gasteiger partial charge in [0.05, 0.1) is 5.70 Å². The fourth-order valence-electron chi connectivity index (χ4n) is 4.35. The SMILES string of the molecule is Fc1ccccc1[C@@H]1Oc2ccc(Cl)cc2C2=C1[C@@H](c1ccc(Br)cc1)n1ncnc1N2. The van der Waals surface area contributed by atoms with Crippen LogP contribution in [0.25, 0.3) is 5.70 Å². The highest BCUT2D eigenvalue weighted by atomic mass is 79.9. The maximum Gasteiger partial charge on any atom is 0.226 e. The van der Waals surface area contributed by atoms with Crippen LogP contribution in [-0.4, -0.2) is 14.8 Å². The smallest absolute Gasteiger partial charge is 0.226 e. The Hall–Kier alpha value is -3.16. The minimum absolute atomic E-state index is 0.333. The highest BCUT2D eigenvalue weighted by molar-refractivity contribution is 9.10. The van der Waals surface area contributed by atoms with E-state index in [1.807, 2.05) is 42.5 Å². The zero-order chi connectivity index (χ0) is 21.8. The summed E-state index contributed by atoms with van der Waals surface area (Å²) >= 11 is 9.83. The van der Waals surface area contributed by atoms with Crippen LogP contribution in [0.5, 0.6) is 5.75 Å². The summed E-state index contributed by atoms with van der Waals surface area (Å²) in [6.07, 6.45) is 0.836.